The predicted molar refractivity (Wildman–Crippen MR) is 49.8 cm³/mol. The van der Waals surface area contributed by atoms with Gasteiger partial charge in [0.25, 0.3) is 0 Å². The fraction of sp³-hybridized carbons (Fsp3) is 0.750. The van der Waals surface area contributed by atoms with Crippen molar-refractivity contribution in [3.63, 3.8) is 0 Å². The number of aliphatic imine (C=N–C) groups is 2. The highest BCUT2D eigenvalue weighted by atomic mass is 15.1. The summed E-state index contributed by atoms with van der Waals surface area (Å²) in [5.74, 6) is 2.29. The van der Waals surface area contributed by atoms with Gasteiger partial charge >= 0.3 is 0 Å². The molecule has 0 aliphatic carbocycles. The Morgan fingerprint density at radius 3 is 1.75 bits per heavy atom. The van der Waals surface area contributed by atoms with E-state index in [0.29, 0.717) is 0 Å². The van der Waals surface area contributed by atoms with Crippen molar-refractivity contribution in [2.45, 2.75) is 12.8 Å². The molecule has 0 saturated carbocycles. The zero-order valence-corrected chi connectivity index (χ0v) is 7.14. The highest BCUT2D eigenvalue weighted by molar-refractivity contribution is 5.90. The Labute approximate surface area is 72.2 Å². The van der Waals surface area contributed by atoms with Crippen LogP contribution < -0.4 is 10.6 Å². The largest absolute Gasteiger partial charge is 0.372 e. The Balaban J connectivity index is 1.74. The summed E-state index contributed by atoms with van der Waals surface area (Å²) >= 11 is 0. The zero-order valence-electron chi connectivity index (χ0n) is 7.14. The molecule has 2 aliphatic rings. The molecule has 0 aromatic rings. The molecule has 0 amide bonds. The van der Waals surface area contributed by atoms with Crippen LogP contribution in [0.15, 0.2) is 9.98 Å². The standard InChI is InChI=1S/C8H14N4/c1(7-9-3-4-10-7)2-8-11-5-6-12-8/h1-6H2,(H,9,10)(H,11,12). The van der Waals surface area contributed by atoms with Crippen molar-refractivity contribution in [3.05, 3.63) is 0 Å². The molecule has 66 valence electrons. The molecule has 4 heteroatoms. The fourth-order valence-corrected chi connectivity index (χ4v) is 1.47. The first kappa shape index (κ1) is 7.58. The van der Waals surface area contributed by atoms with Gasteiger partial charge in [-0.15, -0.1) is 0 Å². The van der Waals surface area contributed by atoms with Crippen molar-refractivity contribution >= 4 is 11.7 Å². The second kappa shape index (κ2) is 3.56. The quantitative estimate of drug-likeness (QED) is 0.608. The summed E-state index contributed by atoms with van der Waals surface area (Å²) in [6.45, 7) is 3.90. The molecule has 0 aromatic heterocycles. The van der Waals surface area contributed by atoms with Gasteiger partial charge in [-0.05, 0) is 0 Å². The molecule has 0 unspecified atom stereocenters. The van der Waals surface area contributed by atoms with E-state index in [1.165, 1.54) is 0 Å². The lowest BCUT2D eigenvalue weighted by Gasteiger charge is -2.02. The van der Waals surface area contributed by atoms with E-state index in [4.69, 9.17) is 0 Å². The minimum atomic E-state index is 0.940. The lowest BCUT2D eigenvalue weighted by atomic mass is 10.3. The van der Waals surface area contributed by atoms with Gasteiger partial charge in [-0.25, -0.2) is 0 Å². The number of amidine groups is 2. The molecule has 2 aliphatic heterocycles. The van der Waals surface area contributed by atoms with Crippen LogP contribution in [0.3, 0.4) is 0 Å². The summed E-state index contributed by atoms with van der Waals surface area (Å²) in [7, 11) is 0. The summed E-state index contributed by atoms with van der Waals surface area (Å²) in [6.07, 6.45) is 2.01. The van der Waals surface area contributed by atoms with Gasteiger partial charge in [0.15, 0.2) is 0 Å². The minimum absolute atomic E-state index is 0.940. The van der Waals surface area contributed by atoms with Crippen molar-refractivity contribution < 1.29 is 0 Å². The molecule has 0 bridgehead atoms. The van der Waals surface area contributed by atoms with Crippen LogP contribution >= 0.6 is 0 Å². The lowest BCUT2D eigenvalue weighted by Crippen LogP contribution is -2.23. The van der Waals surface area contributed by atoms with Gasteiger partial charge in [0.2, 0.25) is 0 Å². The van der Waals surface area contributed by atoms with Crippen LogP contribution in [0.25, 0.3) is 0 Å². The topological polar surface area (TPSA) is 48.8 Å². The SMILES string of the molecule is C1CNC(CCC2=NCCN2)=N1. The molecule has 2 N–H and O–H groups in total. The highest BCUT2D eigenvalue weighted by Crippen LogP contribution is 1.99. The van der Waals surface area contributed by atoms with E-state index in [1.807, 2.05) is 0 Å². The molecule has 0 spiro atoms. The lowest BCUT2D eigenvalue weighted by molar-refractivity contribution is 0.930. The maximum atomic E-state index is 4.32. The first-order valence-electron chi connectivity index (χ1n) is 4.49. The number of hydrogen-bond donors (Lipinski definition) is 2. The summed E-state index contributed by atoms with van der Waals surface area (Å²) in [5, 5.41) is 6.50. The molecule has 0 atom stereocenters. The van der Waals surface area contributed by atoms with Crippen molar-refractivity contribution in [2.75, 3.05) is 26.2 Å². The van der Waals surface area contributed by atoms with Crippen LogP contribution in [0, 0.1) is 0 Å². The third-order valence-corrected chi connectivity index (χ3v) is 2.09. The molecule has 0 radical (unpaired) electrons. The molecule has 4 nitrogen and oxygen atoms in total. The molecular weight excluding hydrogens is 152 g/mol. The normalized spacial score (nSPS) is 21.3. The van der Waals surface area contributed by atoms with Crippen molar-refractivity contribution in [2.24, 2.45) is 9.98 Å². The average Bonchev–Trinajstić information content (AvgIpc) is 2.74. The molecule has 2 heterocycles. The van der Waals surface area contributed by atoms with Crippen LogP contribution in [0.5, 0.6) is 0 Å². The van der Waals surface area contributed by atoms with Gasteiger partial charge in [0.1, 0.15) is 0 Å². The van der Waals surface area contributed by atoms with Crippen LogP contribution in [0.4, 0.5) is 0 Å². The first-order chi connectivity index (χ1) is 5.95. The molecule has 2 rings (SSSR count). The highest BCUT2D eigenvalue weighted by Gasteiger charge is 2.08. The first-order valence-corrected chi connectivity index (χ1v) is 4.49. The number of nitrogens with one attached hydrogen (secondary N) is 2. The monoisotopic (exact) mass is 166 g/mol. The maximum absolute atomic E-state index is 4.32. The Morgan fingerprint density at radius 2 is 1.42 bits per heavy atom. The van der Waals surface area contributed by atoms with E-state index >= 15 is 0 Å². The van der Waals surface area contributed by atoms with Gasteiger partial charge in [-0.3, -0.25) is 9.98 Å². The Morgan fingerprint density at radius 1 is 0.917 bits per heavy atom. The summed E-state index contributed by atoms with van der Waals surface area (Å²) < 4.78 is 0. The predicted octanol–water partition coefficient (Wildman–Crippen LogP) is -0.230. The van der Waals surface area contributed by atoms with Gasteiger partial charge in [0.05, 0.1) is 24.8 Å². The number of rotatable bonds is 3. The van der Waals surface area contributed by atoms with Crippen LogP contribution in [-0.4, -0.2) is 37.9 Å². The van der Waals surface area contributed by atoms with Crippen molar-refractivity contribution in [1.29, 1.82) is 0 Å². The molecule has 0 fully saturated rings. The van der Waals surface area contributed by atoms with E-state index in [0.717, 1.165) is 50.7 Å². The maximum Gasteiger partial charge on any atom is 0.0968 e. The van der Waals surface area contributed by atoms with Gasteiger partial charge in [-0.1, -0.05) is 0 Å². The molecule has 0 saturated heterocycles. The number of nitrogens with zero attached hydrogens (tertiary/aromatic N) is 2. The van der Waals surface area contributed by atoms with Crippen molar-refractivity contribution in [1.82, 2.24) is 10.6 Å². The summed E-state index contributed by atoms with van der Waals surface area (Å²) in [5.41, 5.74) is 0. The molecule has 0 aromatic carbocycles. The molecular formula is C8H14N4. The molecule has 12 heavy (non-hydrogen) atoms. The van der Waals surface area contributed by atoms with E-state index in [-0.39, 0.29) is 0 Å². The summed E-state index contributed by atoms with van der Waals surface area (Å²) in [4.78, 5) is 8.64. The van der Waals surface area contributed by atoms with E-state index in [9.17, 15) is 0 Å². The fourth-order valence-electron chi connectivity index (χ4n) is 1.47. The Hall–Kier alpha value is -1.06. The summed E-state index contributed by atoms with van der Waals surface area (Å²) in [6, 6.07) is 0. The van der Waals surface area contributed by atoms with Gasteiger partial charge < -0.3 is 10.6 Å². The van der Waals surface area contributed by atoms with Crippen LogP contribution in [0.1, 0.15) is 12.8 Å². The van der Waals surface area contributed by atoms with Crippen molar-refractivity contribution in [3.8, 4) is 0 Å². The second-order valence-corrected chi connectivity index (χ2v) is 3.01. The Kier molecular flexibility index (Phi) is 2.25. The Bertz CT molecular complexity index is 195. The van der Waals surface area contributed by atoms with Crippen LogP contribution in [0.2, 0.25) is 0 Å². The number of hydrogen-bond acceptors (Lipinski definition) is 4. The second-order valence-electron chi connectivity index (χ2n) is 3.01. The third-order valence-electron chi connectivity index (χ3n) is 2.09. The van der Waals surface area contributed by atoms with Gasteiger partial charge in [0, 0.05) is 25.9 Å². The smallest absolute Gasteiger partial charge is 0.0968 e. The third kappa shape index (κ3) is 1.75. The minimum Gasteiger partial charge on any atom is -0.372 e. The average molecular weight is 166 g/mol. The van der Waals surface area contributed by atoms with E-state index in [2.05, 4.69) is 20.6 Å². The zero-order chi connectivity index (χ0) is 8.23. The van der Waals surface area contributed by atoms with Crippen LogP contribution in [-0.2, 0) is 0 Å². The van der Waals surface area contributed by atoms with Gasteiger partial charge in [-0.2, -0.15) is 0 Å². The van der Waals surface area contributed by atoms with E-state index in [1.54, 1.807) is 0 Å². The van der Waals surface area contributed by atoms with E-state index < -0.39 is 0 Å².